The Kier molecular flexibility index (Phi) is 6.17. The number of nitrogens with zero attached hydrogens (tertiary/aromatic N) is 2. The van der Waals surface area contributed by atoms with Gasteiger partial charge in [-0.3, -0.25) is 4.79 Å². The number of anilines is 1. The third kappa shape index (κ3) is 4.53. The molecule has 0 radical (unpaired) electrons. The van der Waals surface area contributed by atoms with Crippen LogP contribution in [0.5, 0.6) is 0 Å². The van der Waals surface area contributed by atoms with E-state index in [0.717, 1.165) is 29.9 Å². The Morgan fingerprint density at radius 3 is 2.39 bits per heavy atom. The highest BCUT2D eigenvalue weighted by atomic mass is 32.2. The van der Waals surface area contributed by atoms with Gasteiger partial charge in [0.25, 0.3) is 5.91 Å². The fourth-order valence-corrected chi connectivity index (χ4v) is 5.82. The minimum Gasteiger partial charge on any atom is -0.303 e. The molecule has 1 aliphatic rings. The second kappa shape index (κ2) is 8.86. The normalized spacial score (nSPS) is 14.6. The molecule has 0 N–H and O–H groups in total. The fourth-order valence-electron chi connectivity index (χ4n) is 3.52. The van der Waals surface area contributed by atoms with Crippen molar-refractivity contribution in [3.63, 3.8) is 0 Å². The van der Waals surface area contributed by atoms with Gasteiger partial charge in [0.2, 0.25) is 10.0 Å². The van der Waals surface area contributed by atoms with Crippen LogP contribution < -0.4 is 4.90 Å². The maximum atomic E-state index is 14.5. The minimum absolute atomic E-state index is 0.0417. The van der Waals surface area contributed by atoms with E-state index >= 15 is 0 Å². The van der Waals surface area contributed by atoms with E-state index in [1.165, 1.54) is 50.9 Å². The van der Waals surface area contributed by atoms with Crippen molar-refractivity contribution in [2.24, 2.45) is 0 Å². The molecular formula is C22H20F2N2O3S2. The summed E-state index contributed by atoms with van der Waals surface area (Å²) in [4.78, 5) is 15.2. The predicted molar refractivity (Wildman–Crippen MR) is 116 cm³/mol. The highest BCUT2D eigenvalue weighted by molar-refractivity contribution is 7.89. The first kappa shape index (κ1) is 21.6. The molecule has 1 saturated heterocycles. The number of thiophene rings is 1. The Morgan fingerprint density at radius 1 is 1.03 bits per heavy atom. The monoisotopic (exact) mass is 462 g/mol. The molecule has 0 saturated carbocycles. The van der Waals surface area contributed by atoms with Gasteiger partial charge in [-0.05, 0) is 66.8 Å². The predicted octanol–water partition coefficient (Wildman–Crippen LogP) is 4.66. The third-order valence-corrected chi connectivity index (χ3v) is 7.91. The number of carbonyl (C=O) groups is 1. The van der Waals surface area contributed by atoms with Crippen molar-refractivity contribution in [1.82, 2.24) is 4.31 Å². The lowest BCUT2D eigenvalue weighted by Gasteiger charge is -2.23. The van der Waals surface area contributed by atoms with Crippen molar-refractivity contribution < 1.29 is 22.0 Å². The Morgan fingerprint density at radius 2 is 1.74 bits per heavy atom. The molecule has 1 fully saturated rings. The van der Waals surface area contributed by atoms with Crippen LogP contribution in [-0.2, 0) is 16.6 Å². The van der Waals surface area contributed by atoms with Crippen molar-refractivity contribution in [3.05, 3.63) is 82.1 Å². The Bertz CT molecular complexity index is 1170. The number of hydrogen-bond acceptors (Lipinski definition) is 4. The van der Waals surface area contributed by atoms with Crippen molar-refractivity contribution >= 4 is 33.0 Å². The van der Waals surface area contributed by atoms with Crippen LogP contribution in [-0.4, -0.2) is 31.7 Å². The summed E-state index contributed by atoms with van der Waals surface area (Å²) in [6, 6.07) is 12.5. The average molecular weight is 463 g/mol. The summed E-state index contributed by atoms with van der Waals surface area (Å²) in [6.07, 6.45) is 1.44. The van der Waals surface area contributed by atoms with Gasteiger partial charge in [-0.1, -0.05) is 6.07 Å². The quantitative estimate of drug-likeness (QED) is 0.536. The minimum atomic E-state index is -4.03. The lowest BCUT2D eigenvalue weighted by atomic mass is 10.1. The molecule has 0 spiro atoms. The zero-order valence-electron chi connectivity index (χ0n) is 16.5. The summed E-state index contributed by atoms with van der Waals surface area (Å²) in [5, 5.41) is 1.88. The number of rotatable bonds is 6. The maximum absolute atomic E-state index is 14.5. The van der Waals surface area contributed by atoms with E-state index in [4.69, 9.17) is 0 Å². The lowest BCUT2D eigenvalue weighted by Crippen LogP contribution is -2.31. The van der Waals surface area contributed by atoms with E-state index in [-0.39, 0.29) is 12.1 Å². The van der Waals surface area contributed by atoms with Crippen molar-refractivity contribution in [2.75, 3.05) is 18.0 Å². The number of carbonyl (C=O) groups excluding carboxylic acids is 1. The van der Waals surface area contributed by atoms with Crippen LogP contribution >= 0.6 is 11.3 Å². The molecule has 1 aliphatic heterocycles. The zero-order chi connectivity index (χ0) is 22.0. The molecule has 1 aromatic heterocycles. The molecule has 4 rings (SSSR count). The van der Waals surface area contributed by atoms with E-state index in [1.54, 1.807) is 0 Å². The first-order valence-corrected chi connectivity index (χ1v) is 12.1. The van der Waals surface area contributed by atoms with Crippen molar-refractivity contribution in [2.45, 2.75) is 24.3 Å². The largest absolute Gasteiger partial charge is 0.303 e. The molecule has 0 bridgehead atoms. The number of halogens is 2. The van der Waals surface area contributed by atoms with E-state index in [2.05, 4.69) is 0 Å². The topological polar surface area (TPSA) is 57.7 Å². The van der Waals surface area contributed by atoms with E-state index in [1.807, 2.05) is 17.5 Å². The van der Waals surface area contributed by atoms with Gasteiger partial charge in [0.1, 0.15) is 16.5 Å². The molecule has 2 heterocycles. The average Bonchev–Trinajstić information content (AvgIpc) is 3.47. The molecule has 162 valence electrons. The molecule has 0 aliphatic carbocycles. The Hall–Kier alpha value is -2.62. The van der Waals surface area contributed by atoms with E-state index in [0.29, 0.717) is 18.8 Å². The highest BCUT2D eigenvalue weighted by Gasteiger charge is 2.31. The molecule has 0 atom stereocenters. The molecule has 2 aromatic carbocycles. The van der Waals surface area contributed by atoms with Crippen LogP contribution in [0.2, 0.25) is 0 Å². The Balaban J connectivity index is 1.72. The van der Waals surface area contributed by atoms with Gasteiger partial charge in [0.05, 0.1) is 6.54 Å². The fraction of sp³-hybridized carbons (Fsp3) is 0.227. The standard InChI is InChI=1S/C22H20F2N2O3S2/c23-17-6-8-18(9-7-17)26(15-19-4-3-13-30-19)22(27)16-5-10-20(24)21(14-16)31(28,29)25-11-1-2-12-25/h3-10,13-14H,1-2,11-12,15H2. The van der Waals surface area contributed by atoms with Crippen LogP contribution in [0.15, 0.2) is 64.9 Å². The number of amides is 1. The molecule has 9 heteroatoms. The molecule has 0 unspecified atom stereocenters. The van der Waals surface area contributed by atoms with Gasteiger partial charge >= 0.3 is 0 Å². The first-order valence-electron chi connectivity index (χ1n) is 9.76. The summed E-state index contributed by atoms with van der Waals surface area (Å²) in [6.45, 7) is 0.883. The molecular weight excluding hydrogens is 442 g/mol. The van der Waals surface area contributed by atoms with E-state index in [9.17, 15) is 22.0 Å². The van der Waals surface area contributed by atoms with Gasteiger partial charge < -0.3 is 4.90 Å². The number of benzene rings is 2. The van der Waals surface area contributed by atoms with Crippen molar-refractivity contribution in [1.29, 1.82) is 0 Å². The third-order valence-electron chi connectivity index (χ3n) is 5.14. The van der Waals surface area contributed by atoms with Gasteiger partial charge in [-0.2, -0.15) is 4.31 Å². The summed E-state index contributed by atoms with van der Waals surface area (Å²) in [7, 11) is -4.03. The van der Waals surface area contributed by atoms with Gasteiger partial charge in [-0.15, -0.1) is 11.3 Å². The molecule has 3 aromatic rings. The summed E-state index contributed by atoms with van der Waals surface area (Å²) in [5.41, 5.74) is 0.494. The first-order chi connectivity index (χ1) is 14.9. The van der Waals surface area contributed by atoms with Gasteiger partial charge in [0, 0.05) is 29.2 Å². The van der Waals surface area contributed by atoms with Gasteiger partial charge in [0.15, 0.2) is 0 Å². The van der Waals surface area contributed by atoms with Crippen LogP contribution in [0.25, 0.3) is 0 Å². The number of hydrogen-bond donors (Lipinski definition) is 0. The second-order valence-corrected chi connectivity index (χ2v) is 10.1. The molecule has 5 nitrogen and oxygen atoms in total. The van der Waals surface area contributed by atoms with Crippen molar-refractivity contribution in [3.8, 4) is 0 Å². The lowest BCUT2D eigenvalue weighted by molar-refractivity contribution is 0.0985. The highest BCUT2D eigenvalue weighted by Crippen LogP contribution is 2.27. The SMILES string of the molecule is O=C(c1ccc(F)c(S(=O)(=O)N2CCCC2)c1)N(Cc1cccs1)c1ccc(F)cc1. The summed E-state index contributed by atoms with van der Waals surface area (Å²) < 4.78 is 54.9. The molecule has 1 amide bonds. The van der Waals surface area contributed by atoms with Crippen LogP contribution in [0.4, 0.5) is 14.5 Å². The number of sulfonamides is 1. The summed E-state index contributed by atoms with van der Waals surface area (Å²) >= 11 is 1.46. The van der Waals surface area contributed by atoms with Gasteiger partial charge in [-0.25, -0.2) is 17.2 Å². The van der Waals surface area contributed by atoms with Crippen LogP contribution in [0.3, 0.4) is 0 Å². The Labute approximate surface area is 183 Å². The molecule has 31 heavy (non-hydrogen) atoms. The van der Waals surface area contributed by atoms with E-state index < -0.39 is 32.5 Å². The van der Waals surface area contributed by atoms with Crippen LogP contribution in [0.1, 0.15) is 28.1 Å². The maximum Gasteiger partial charge on any atom is 0.258 e. The van der Waals surface area contributed by atoms with Crippen LogP contribution in [0, 0.1) is 11.6 Å². The second-order valence-electron chi connectivity index (χ2n) is 7.20. The zero-order valence-corrected chi connectivity index (χ0v) is 18.1. The smallest absolute Gasteiger partial charge is 0.258 e. The summed E-state index contributed by atoms with van der Waals surface area (Å²) in [5.74, 6) is -1.83.